The molecule has 0 radical (unpaired) electrons. The molecular weight excluding hydrogens is 264 g/mol. The van der Waals surface area contributed by atoms with Crippen molar-refractivity contribution in [3.63, 3.8) is 0 Å². The van der Waals surface area contributed by atoms with E-state index in [-0.39, 0.29) is 6.04 Å². The Labute approximate surface area is 126 Å². The van der Waals surface area contributed by atoms with E-state index >= 15 is 0 Å². The molecule has 1 heterocycles. The van der Waals surface area contributed by atoms with Crippen LogP contribution in [-0.2, 0) is 4.79 Å². The zero-order chi connectivity index (χ0) is 14.8. The summed E-state index contributed by atoms with van der Waals surface area (Å²) in [4.78, 5) is 16.7. The summed E-state index contributed by atoms with van der Waals surface area (Å²) >= 11 is 0. The van der Waals surface area contributed by atoms with Crippen molar-refractivity contribution in [3.05, 3.63) is 29.8 Å². The number of hydrogen-bond donors (Lipinski definition) is 0. The molecule has 0 spiro atoms. The Morgan fingerprint density at radius 2 is 2.05 bits per heavy atom. The van der Waals surface area contributed by atoms with Gasteiger partial charge in [-0.3, -0.25) is 9.69 Å². The summed E-state index contributed by atoms with van der Waals surface area (Å²) in [6, 6.07) is 8.35. The van der Waals surface area contributed by atoms with Crippen LogP contribution in [0.3, 0.4) is 0 Å². The Bertz CT molecular complexity index is 513. The molecule has 2 fully saturated rings. The van der Waals surface area contributed by atoms with Crippen LogP contribution in [-0.4, -0.2) is 49.5 Å². The highest BCUT2D eigenvalue weighted by Gasteiger charge is 2.32. The fourth-order valence-corrected chi connectivity index (χ4v) is 3.08. The molecule has 0 aromatic heterocycles. The average molecular weight is 288 g/mol. The van der Waals surface area contributed by atoms with E-state index < -0.39 is 0 Å². The van der Waals surface area contributed by atoms with Gasteiger partial charge in [-0.2, -0.15) is 0 Å². The number of ether oxygens (including phenoxy) is 1. The van der Waals surface area contributed by atoms with Crippen LogP contribution in [0.15, 0.2) is 24.3 Å². The topological polar surface area (TPSA) is 32.8 Å². The lowest BCUT2D eigenvalue weighted by atomic mass is 10.0. The van der Waals surface area contributed by atoms with Crippen LogP contribution < -0.4 is 4.74 Å². The van der Waals surface area contributed by atoms with E-state index in [4.69, 9.17) is 4.74 Å². The van der Waals surface area contributed by atoms with Gasteiger partial charge in [0.1, 0.15) is 5.75 Å². The maximum atomic E-state index is 12.4. The second kappa shape index (κ2) is 6.06. The fraction of sp³-hybridized carbons (Fsp3) is 0.588. The summed E-state index contributed by atoms with van der Waals surface area (Å²) < 4.78 is 5.49. The van der Waals surface area contributed by atoms with Crippen LogP contribution in [0.4, 0.5) is 0 Å². The van der Waals surface area contributed by atoms with Gasteiger partial charge in [0.25, 0.3) is 0 Å². The zero-order valence-corrected chi connectivity index (χ0v) is 12.9. The molecule has 0 bridgehead atoms. The second-order valence-corrected chi connectivity index (χ2v) is 6.23. The maximum Gasteiger partial charge on any atom is 0.222 e. The number of rotatable bonds is 4. The first-order valence-electron chi connectivity index (χ1n) is 7.80. The van der Waals surface area contributed by atoms with E-state index in [1.54, 1.807) is 7.11 Å². The summed E-state index contributed by atoms with van der Waals surface area (Å²) in [5, 5.41) is 0. The predicted octanol–water partition coefficient (Wildman–Crippen LogP) is 2.31. The predicted molar refractivity (Wildman–Crippen MR) is 82.3 cm³/mol. The lowest BCUT2D eigenvalue weighted by Crippen LogP contribution is -2.49. The third-order valence-corrected chi connectivity index (χ3v) is 4.66. The fourth-order valence-electron chi connectivity index (χ4n) is 3.08. The molecule has 0 N–H and O–H groups in total. The Kier molecular flexibility index (Phi) is 4.15. The van der Waals surface area contributed by atoms with Crippen LogP contribution in [0, 0.1) is 5.92 Å². The highest BCUT2D eigenvalue weighted by atomic mass is 16.5. The molecule has 1 aliphatic heterocycles. The smallest absolute Gasteiger partial charge is 0.222 e. The van der Waals surface area contributed by atoms with E-state index in [0.717, 1.165) is 31.8 Å². The van der Waals surface area contributed by atoms with Gasteiger partial charge in [-0.15, -0.1) is 0 Å². The van der Waals surface area contributed by atoms with Gasteiger partial charge in [-0.1, -0.05) is 18.2 Å². The van der Waals surface area contributed by atoms with Gasteiger partial charge in [0.05, 0.1) is 13.2 Å². The molecule has 0 unspecified atom stereocenters. The standard InChI is InChI=1S/C17H24N2O2/c1-18-9-10-19(17(20)11-13-7-8-13)12-15(18)14-5-3-4-6-16(14)21-2/h3-6,13,15H,7-12H2,1-2H3/t15-/m1/s1. The van der Waals surface area contributed by atoms with Crippen LogP contribution >= 0.6 is 0 Å². The number of hydrogen-bond acceptors (Lipinski definition) is 3. The SMILES string of the molecule is COc1ccccc1[C@H]1CN(C(=O)CC2CC2)CCN1C. The minimum absolute atomic E-state index is 0.220. The van der Waals surface area contributed by atoms with E-state index in [0.29, 0.717) is 11.8 Å². The van der Waals surface area contributed by atoms with Gasteiger partial charge in [0.2, 0.25) is 5.91 Å². The molecule has 1 atom stereocenters. The van der Waals surface area contributed by atoms with Gasteiger partial charge in [-0.05, 0) is 31.9 Å². The summed E-state index contributed by atoms with van der Waals surface area (Å²) in [7, 11) is 3.83. The molecule has 1 aromatic carbocycles. The molecule has 4 heteroatoms. The number of benzene rings is 1. The monoisotopic (exact) mass is 288 g/mol. The van der Waals surface area contributed by atoms with Crippen LogP contribution in [0.25, 0.3) is 0 Å². The van der Waals surface area contributed by atoms with E-state index in [1.165, 1.54) is 18.4 Å². The van der Waals surface area contributed by atoms with Gasteiger partial charge in [0.15, 0.2) is 0 Å². The molecular formula is C17H24N2O2. The molecule has 21 heavy (non-hydrogen) atoms. The van der Waals surface area contributed by atoms with E-state index in [2.05, 4.69) is 18.0 Å². The second-order valence-electron chi connectivity index (χ2n) is 6.23. The normalized spacial score (nSPS) is 23.1. The first-order valence-corrected chi connectivity index (χ1v) is 7.80. The van der Waals surface area contributed by atoms with Crippen LogP contribution in [0.5, 0.6) is 5.75 Å². The number of nitrogens with zero attached hydrogens (tertiary/aromatic N) is 2. The molecule has 1 aliphatic carbocycles. The average Bonchev–Trinajstić information content (AvgIpc) is 3.31. The summed E-state index contributed by atoms with van der Waals surface area (Å²) in [5.41, 5.74) is 1.17. The molecule has 1 saturated carbocycles. The third-order valence-electron chi connectivity index (χ3n) is 4.66. The van der Waals surface area contributed by atoms with Crippen molar-refractivity contribution >= 4 is 5.91 Å². The Balaban J connectivity index is 1.74. The largest absolute Gasteiger partial charge is 0.496 e. The highest BCUT2D eigenvalue weighted by Crippen LogP contribution is 2.35. The van der Waals surface area contributed by atoms with Crippen LogP contribution in [0.1, 0.15) is 30.9 Å². The highest BCUT2D eigenvalue weighted by molar-refractivity contribution is 5.77. The molecule has 1 amide bonds. The molecule has 114 valence electrons. The lowest BCUT2D eigenvalue weighted by Gasteiger charge is -2.40. The van der Waals surface area contributed by atoms with Gasteiger partial charge in [-0.25, -0.2) is 0 Å². The Morgan fingerprint density at radius 3 is 2.76 bits per heavy atom. The number of amides is 1. The number of methoxy groups -OCH3 is 1. The van der Waals surface area contributed by atoms with E-state index in [9.17, 15) is 4.79 Å². The van der Waals surface area contributed by atoms with Crippen molar-refractivity contribution in [1.82, 2.24) is 9.80 Å². The molecule has 4 nitrogen and oxygen atoms in total. The van der Waals surface area contributed by atoms with Crippen LogP contribution in [0.2, 0.25) is 0 Å². The van der Waals surface area contributed by atoms with Crippen molar-refractivity contribution in [3.8, 4) is 5.75 Å². The minimum Gasteiger partial charge on any atom is -0.496 e. The minimum atomic E-state index is 0.220. The molecule has 2 aliphatic rings. The summed E-state index contributed by atoms with van der Waals surface area (Å²) in [5.74, 6) is 1.89. The number of para-hydroxylation sites is 1. The van der Waals surface area contributed by atoms with Crippen molar-refractivity contribution in [2.24, 2.45) is 5.92 Å². The van der Waals surface area contributed by atoms with E-state index in [1.807, 2.05) is 23.1 Å². The third kappa shape index (κ3) is 3.21. The lowest BCUT2D eigenvalue weighted by molar-refractivity contribution is -0.134. The Hall–Kier alpha value is -1.55. The van der Waals surface area contributed by atoms with Crippen molar-refractivity contribution in [2.45, 2.75) is 25.3 Å². The molecule has 3 rings (SSSR count). The number of carbonyl (C=O) groups excluding carboxylic acids is 1. The Morgan fingerprint density at radius 1 is 1.29 bits per heavy atom. The first kappa shape index (κ1) is 14.4. The van der Waals surface area contributed by atoms with Gasteiger partial charge >= 0.3 is 0 Å². The number of likely N-dealkylation sites (N-methyl/N-ethyl adjacent to an activating group) is 1. The first-order chi connectivity index (χ1) is 10.2. The van der Waals surface area contributed by atoms with Crippen molar-refractivity contribution < 1.29 is 9.53 Å². The quantitative estimate of drug-likeness (QED) is 0.852. The molecule has 1 saturated heterocycles. The molecule has 1 aromatic rings. The summed E-state index contributed by atoms with van der Waals surface area (Å²) in [6.45, 7) is 2.52. The summed E-state index contributed by atoms with van der Waals surface area (Å²) in [6.07, 6.45) is 3.20. The maximum absolute atomic E-state index is 12.4. The van der Waals surface area contributed by atoms with Crippen molar-refractivity contribution in [2.75, 3.05) is 33.8 Å². The van der Waals surface area contributed by atoms with Gasteiger partial charge in [0, 0.05) is 31.6 Å². The number of piperazine rings is 1. The zero-order valence-electron chi connectivity index (χ0n) is 12.9. The number of carbonyl (C=O) groups is 1. The van der Waals surface area contributed by atoms with Crippen molar-refractivity contribution in [1.29, 1.82) is 0 Å². The van der Waals surface area contributed by atoms with Gasteiger partial charge < -0.3 is 9.64 Å².